The summed E-state index contributed by atoms with van der Waals surface area (Å²) >= 11 is 0. The minimum absolute atomic E-state index is 2.93. The molecule has 0 fully saturated rings. The number of sulfone groups is 1. The van der Waals surface area contributed by atoms with Crippen molar-refractivity contribution in [3.05, 3.63) is 0 Å². The van der Waals surface area contributed by atoms with Crippen LogP contribution in [0.4, 0.5) is 26.3 Å². The molecule has 0 saturated heterocycles. The third-order valence-electron chi connectivity index (χ3n) is 1.26. The second-order valence-corrected chi connectivity index (χ2v) is 6.92. The lowest BCUT2D eigenvalue weighted by atomic mass is 10.8. The third kappa shape index (κ3) is 5.08. The third-order valence-corrected chi connectivity index (χ3v) is 5.45. The highest BCUT2D eigenvalue weighted by atomic mass is 32.3. The molecule has 0 amide bonds. The van der Waals surface area contributed by atoms with E-state index in [0.29, 0.717) is 0 Å². The van der Waals surface area contributed by atoms with Crippen LogP contribution in [0.15, 0.2) is 0 Å². The van der Waals surface area contributed by atoms with Crippen LogP contribution < -0.4 is 5.14 Å². The summed E-state index contributed by atoms with van der Waals surface area (Å²) in [5.74, 6) is -2.93. The second kappa shape index (κ2) is 4.28. The van der Waals surface area contributed by atoms with Gasteiger partial charge >= 0.3 is 12.4 Å². The summed E-state index contributed by atoms with van der Waals surface area (Å²) in [6.07, 6.45) is -11.5. The van der Waals surface area contributed by atoms with E-state index in [4.69, 9.17) is 0 Å². The van der Waals surface area contributed by atoms with Gasteiger partial charge in [-0.15, -0.1) is 0 Å². The van der Waals surface area contributed by atoms with Crippen molar-refractivity contribution in [2.24, 2.45) is 5.14 Å². The summed E-state index contributed by atoms with van der Waals surface area (Å²) < 4.78 is 109. The van der Waals surface area contributed by atoms with Crippen LogP contribution in [0.3, 0.4) is 0 Å². The van der Waals surface area contributed by atoms with Crippen molar-refractivity contribution in [2.75, 3.05) is 5.75 Å². The molecular formula is C4H5F6NO4S2. The minimum Gasteiger partial charge on any atom is -0.227 e. The molecule has 0 radical (unpaired) electrons. The smallest absolute Gasteiger partial charge is 0.227 e. The maximum atomic E-state index is 12.1. The minimum atomic E-state index is -6.06. The Morgan fingerprint density at radius 1 is 0.941 bits per heavy atom. The van der Waals surface area contributed by atoms with Crippen molar-refractivity contribution in [2.45, 2.75) is 16.9 Å². The van der Waals surface area contributed by atoms with Gasteiger partial charge in [-0.2, -0.15) is 26.3 Å². The van der Waals surface area contributed by atoms with Gasteiger partial charge in [-0.25, -0.2) is 22.0 Å². The molecule has 17 heavy (non-hydrogen) atoms. The molecule has 2 N–H and O–H groups in total. The molecule has 0 spiro atoms. The number of alkyl halides is 6. The summed E-state index contributed by atoms with van der Waals surface area (Å²) in [7, 11) is -11.8. The molecule has 0 aromatic carbocycles. The average Bonchev–Trinajstić information content (AvgIpc) is 1.66. The molecule has 0 aliphatic heterocycles. The van der Waals surface area contributed by atoms with Crippen LogP contribution in [0.5, 0.6) is 0 Å². The van der Waals surface area contributed by atoms with Crippen LogP contribution in [0, 0.1) is 0 Å². The number of primary sulfonamides is 1. The lowest BCUT2D eigenvalue weighted by molar-refractivity contribution is -0.118. The van der Waals surface area contributed by atoms with Crippen LogP contribution in [0.25, 0.3) is 0 Å². The first-order valence-corrected chi connectivity index (χ1v) is 6.76. The van der Waals surface area contributed by atoms with Gasteiger partial charge in [-0.3, -0.25) is 0 Å². The number of halogens is 6. The first kappa shape index (κ1) is 16.4. The molecule has 0 aliphatic rings. The summed E-state index contributed by atoms with van der Waals surface area (Å²) in [5.41, 5.74) is 0. The number of hydrogen-bond acceptors (Lipinski definition) is 4. The molecule has 0 aromatic rings. The molecular weight excluding hydrogens is 304 g/mol. The lowest BCUT2D eigenvalue weighted by Gasteiger charge is -2.19. The van der Waals surface area contributed by atoms with E-state index in [1.165, 1.54) is 0 Å². The first-order valence-electron chi connectivity index (χ1n) is 3.44. The average molecular weight is 309 g/mol. The van der Waals surface area contributed by atoms with Gasteiger partial charge in [0.25, 0.3) is 4.58 Å². The van der Waals surface area contributed by atoms with E-state index in [2.05, 4.69) is 5.14 Å². The second-order valence-electron chi connectivity index (χ2n) is 2.88. The number of hydrogen-bond donors (Lipinski definition) is 1. The Labute approximate surface area is 91.6 Å². The highest BCUT2D eigenvalue weighted by molar-refractivity contribution is 8.08. The molecule has 13 heteroatoms. The first-order chi connectivity index (χ1) is 7.07. The molecule has 0 bridgehead atoms. The van der Waals surface area contributed by atoms with Gasteiger partial charge in [0, 0.05) is 0 Å². The van der Waals surface area contributed by atoms with E-state index in [1.54, 1.807) is 0 Å². The van der Waals surface area contributed by atoms with Gasteiger partial charge in [-0.1, -0.05) is 0 Å². The molecule has 0 rings (SSSR count). The Bertz CT molecular complexity index is 473. The maximum Gasteiger partial charge on any atom is 0.420 e. The Kier molecular flexibility index (Phi) is 4.13. The molecule has 0 aliphatic carbocycles. The Morgan fingerprint density at radius 3 is 1.47 bits per heavy atom. The summed E-state index contributed by atoms with van der Waals surface area (Å²) in [6.45, 7) is 0. The van der Waals surface area contributed by atoms with E-state index in [0.717, 1.165) is 0 Å². The largest absolute Gasteiger partial charge is 0.420 e. The molecule has 0 saturated carbocycles. The van der Waals surface area contributed by atoms with Crippen molar-refractivity contribution in [1.82, 2.24) is 0 Å². The zero-order valence-electron chi connectivity index (χ0n) is 7.58. The van der Waals surface area contributed by atoms with E-state index in [1.807, 2.05) is 0 Å². The molecule has 104 valence electrons. The van der Waals surface area contributed by atoms with Crippen LogP contribution in [-0.2, 0) is 19.9 Å². The van der Waals surface area contributed by atoms with Crippen molar-refractivity contribution in [3.63, 3.8) is 0 Å². The SMILES string of the molecule is NS(=O)(=O)C(C(F)(F)F)S(=O)(=O)CC(F)(F)F. The molecule has 0 heterocycles. The van der Waals surface area contributed by atoms with Crippen molar-refractivity contribution >= 4 is 19.9 Å². The predicted octanol–water partition coefficient (Wildman–Crippen LogP) is 0.140. The standard InChI is InChI=1S/C4H5F6NO4S2/c5-3(6,7)1-16(12,13)2(4(8,9)10)17(11,14)15/h2H,1H2,(H2,11,14,15). The normalized spacial score (nSPS) is 16.9. The summed E-state index contributed by atoms with van der Waals surface area (Å²) in [4.78, 5) is 0. The Balaban J connectivity index is 5.69. The highest BCUT2D eigenvalue weighted by Crippen LogP contribution is 2.32. The van der Waals surface area contributed by atoms with Gasteiger partial charge < -0.3 is 0 Å². The monoisotopic (exact) mass is 309 g/mol. The quantitative estimate of drug-likeness (QED) is 0.750. The van der Waals surface area contributed by atoms with Crippen molar-refractivity contribution in [3.8, 4) is 0 Å². The summed E-state index contributed by atoms with van der Waals surface area (Å²) in [5, 5.41) is 3.98. The van der Waals surface area contributed by atoms with Crippen LogP contribution in [-0.4, -0.2) is 39.5 Å². The lowest BCUT2D eigenvalue weighted by Crippen LogP contribution is -2.49. The topological polar surface area (TPSA) is 94.3 Å². The highest BCUT2D eigenvalue weighted by Gasteiger charge is 2.58. The van der Waals surface area contributed by atoms with Crippen molar-refractivity contribution < 1.29 is 43.2 Å². The van der Waals surface area contributed by atoms with Crippen molar-refractivity contribution in [1.29, 1.82) is 0 Å². The van der Waals surface area contributed by atoms with Crippen LogP contribution in [0.1, 0.15) is 0 Å². The molecule has 5 nitrogen and oxygen atoms in total. The number of nitrogens with two attached hydrogens (primary N) is 1. The van der Waals surface area contributed by atoms with E-state index in [9.17, 15) is 43.2 Å². The number of sulfonamides is 1. The van der Waals surface area contributed by atoms with Gasteiger partial charge in [0.15, 0.2) is 9.84 Å². The van der Waals surface area contributed by atoms with Gasteiger partial charge in [-0.05, 0) is 0 Å². The van der Waals surface area contributed by atoms with Gasteiger partial charge in [0.1, 0.15) is 5.75 Å². The predicted molar refractivity (Wildman–Crippen MR) is 42.8 cm³/mol. The van der Waals surface area contributed by atoms with Crippen LogP contribution >= 0.6 is 0 Å². The van der Waals surface area contributed by atoms with Gasteiger partial charge in [0.2, 0.25) is 10.0 Å². The molecule has 1 unspecified atom stereocenters. The molecule has 1 atom stereocenters. The van der Waals surface area contributed by atoms with Gasteiger partial charge in [0.05, 0.1) is 0 Å². The van der Waals surface area contributed by atoms with E-state index < -0.39 is 42.5 Å². The van der Waals surface area contributed by atoms with E-state index >= 15 is 0 Å². The molecule has 0 aromatic heterocycles. The number of rotatable bonds is 3. The Hall–Kier alpha value is -0.560. The maximum absolute atomic E-state index is 12.1. The summed E-state index contributed by atoms with van der Waals surface area (Å²) in [6, 6.07) is 0. The fourth-order valence-corrected chi connectivity index (χ4v) is 4.12. The Morgan fingerprint density at radius 2 is 1.29 bits per heavy atom. The fourth-order valence-electron chi connectivity index (χ4n) is 0.898. The zero-order valence-corrected chi connectivity index (χ0v) is 9.21. The fraction of sp³-hybridized carbons (Fsp3) is 1.00. The zero-order chi connectivity index (χ0) is 14.3. The van der Waals surface area contributed by atoms with Crippen LogP contribution in [0.2, 0.25) is 0 Å². The van der Waals surface area contributed by atoms with E-state index in [-0.39, 0.29) is 0 Å².